The van der Waals surface area contributed by atoms with Crippen LogP contribution in [0, 0.1) is 5.82 Å². The number of para-hydroxylation sites is 1. The molecule has 0 radical (unpaired) electrons. The minimum absolute atomic E-state index is 0.128. The van der Waals surface area contributed by atoms with Gasteiger partial charge in [-0.15, -0.1) is 0 Å². The topological polar surface area (TPSA) is 86.3 Å². The van der Waals surface area contributed by atoms with Gasteiger partial charge in [0, 0.05) is 43.5 Å². The van der Waals surface area contributed by atoms with Gasteiger partial charge in [0.05, 0.1) is 5.75 Å². The third-order valence-corrected chi connectivity index (χ3v) is 5.45. The van der Waals surface area contributed by atoms with E-state index < -0.39 is 15.7 Å². The summed E-state index contributed by atoms with van der Waals surface area (Å²) in [6.07, 6.45) is 3.98. The number of rotatable bonds is 7. The number of hydrogen-bond acceptors (Lipinski definition) is 3. The number of hydrogen-bond donors (Lipinski definition) is 3. The van der Waals surface area contributed by atoms with Crippen molar-refractivity contribution in [1.29, 1.82) is 0 Å². The molecule has 2 aromatic carbocycles. The summed E-state index contributed by atoms with van der Waals surface area (Å²) in [6, 6.07) is 12.3. The van der Waals surface area contributed by atoms with Crippen LogP contribution >= 0.6 is 0 Å². The van der Waals surface area contributed by atoms with Crippen LogP contribution in [-0.4, -0.2) is 39.2 Å². The second-order valence-electron chi connectivity index (χ2n) is 6.95. The van der Waals surface area contributed by atoms with Crippen LogP contribution in [0.1, 0.15) is 16.7 Å². The molecule has 3 N–H and O–H groups in total. The SMILES string of the molecule is CN=C(NCCc1c[nH]c2ccccc12)NCc1cc(F)ccc1CS(C)(=O)=O. The van der Waals surface area contributed by atoms with Gasteiger partial charge in [0.15, 0.2) is 15.8 Å². The van der Waals surface area contributed by atoms with Crippen molar-refractivity contribution in [3.8, 4) is 0 Å². The molecule has 0 atom stereocenters. The minimum Gasteiger partial charge on any atom is -0.361 e. The summed E-state index contributed by atoms with van der Waals surface area (Å²) in [7, 11) is -1.56. The summed E-state index contributed by atoms with van der Waals surface area (Å²) in [5, 5.41) is 7.56. The molecule has 1 aromatic heterocycles. The summed E-state index contributed by atoms with van der Waals surface area (Å²) >= 11 is 0. The molecule has 0 spiro atoms. The maximum atomic E-state index is 13.6. The third-order valence-electron chi connectivity index (χ3n) is 4.62. The molecule has 0 aliphatic heterocycles. The number of sulfone groups is 1. The van der Waals surface area contributed by atoms with E-state index in [2.05, 4.69) is 26.7 Å². The van der Waals surface area contributed by atoms with E-state index in [0.717, 1.165) is 11.9 Å². The van der Waals surface area contributed by atoms with Crippen LogP contribution in [0.2, 0.25) is 0 Å². The van der Waals surface area contributed by atoms with Gasteiger partial charge in [0.1, 0.15) is 5.82 Å². The molecule has 0 saturated carbocycles. The van der Waals surface area contributed by atoms with Crippen molar-refractivity contribution in [1.82, 2.24) is 15.6 Å². The molecule has 3 aromatic rings. The summed E-state index contributed by atoms with van der Waals surface area (Å²) < 4.78 is 36.9. The van der Waals surface area contributed by atoms with E-state index in [9.17, 15) is 12.8 Å². The van der Waals surface area contributed by atoms with Gasteiger partial charge >= 0.3 is 0 Å². The van der Waals surface area contributed by atoms with E-state index in [4.69, 9.17) is 0 Å². The Labute approximate surface area is 170 Å². The average Bonchev–Trinajstić information content (AvgIpc) is 3.08. The standard InChI is InChI=1S/C21H25FN4O2S/c1-23-21(24-10-9-15-12-25-20-6-4-3-5-19(15)20)26-13-17-11-18(22)8-7-16(17)14-29(2,27)28/h3-8,11-12,25H,9-10,13-14H2,1-2H3,(H2,23,24,26). The van der Waals surface area contributed by atoms with E-state index in [-0.39, 0.29) is 12.3 Å². The molecule has 154 valence electrons. The Morgan fingerprint density at radius 2 is 1.90 bits per heavy atom. The lowest BCUT2D eigenvalue weighted by atomic mass is 10.1. The highest BCUT2D eigenvalue weighted by Gasteiger charge is 2.11. The van der Waals surface area contributed by atoms with Gasteiger partial charge in [-0.1, -0.05) is 24.3 Å². The molecule has 1 heterocycles. The van der Waals surface area contributed by atoms with Crippen LogP contribution in [0.15, 0.2) is 53.7 Å². The van der Waals surface area contributed by atoms with Crippen LogP contribution in [0.5, 0.6) is 0 Å². The van der Waals surface area contributed by atoms with Crippen LogP contribution < -0.4 is 10.6 Å². The van der Waals surface area contributed by atoms with Crippen molar-refractivity contribution in [2.24, 2.45) is 4.99 Å². The first-order valence-corrected chi connectivity index (χ1v) is 11.4. The van der Waals surface area contributed by atoms with E-state index in [1.54, 1.807) is 7.05 Å². The lowest BCUT2D eigenvalue weighted by Crippen LogP contribution is -2.38. The normalized spacial score (nSPS) is 12.3. The highest BCUT2D eigenvalue weighted by atomic mass is 32.2. The predicted molar refractivity (Wildman–Crippen MR) is 115 cm³/mol. The fourth-order valence-electron chi connectivity index (χ4n) is 3.24. The number of halogens is 1. The molecule has 6 nitrogen and oxygen atoms in total. The van der Waals surface area contributed by atoms with Crippen LogP contribution in [0.3, 0.4) is 0 Å². The summed E-state index contributed by atoms with van der Waals surface area (Å²) in [6.45, 7) is 0.941. The van der Waals surface area contributed by atoms with Crippen molar-refractivity contribution < 1.29 is 12.8 Å². The minimum atomic E-state index is -3.21. The van der Waals surface area contributed by atoms with E-state index >= 15 is 0 Å². The lowest BCUT2D eigenvalue weighted by Gasteiger charge is -2.14. The molecule has 0 bridgehead atoms. The van der Waals surface area contributed by atoms with Crippen LogP contribution in [0.25, 0.3) is 10.9 Å². The number of nitrogens with one attached hydrogen (secondary N) is 3. The van der Waals surface area contributed by atoms with Crippen molar-refractivity contribution in [2.75, 3.05) is 19.8 Å². The Morgan fingerprint density at radius 3 is 2.66 bits per heavy atom. The Kier molecular flexibility index (Phi) is 6.53. The molecular weight excluding hydrogens is 391 g/mol. The molecule has 8 heteroatoms. The summed E-state index contributed by atoms with van der Waals surface area (Å²) in [5.74, 6) is 0.0393. The number of aromatic nitrogens is 1. The van der Waals surface area contributed by atoms with E-state index in [1.807, 2.05) is 24.4 Å². The fraction of sp³-hybridized carbons (Fsp3) is 0.286. The zero-order valence-electron chi connectivity index (χ0n) is 16.5. The third kappa shape index (κ3) is 5.80. The number of benzene rings is 2. The largest absolute Gasteiger partial charge is 0.361 e. The zero-order chi connectivity index (χ0) is 20.9. The number of nitrogens with zero attached hydrogens (tertiary/aromatic N) is 1. The quantitative estimate of drug-likeness (QED) is 0.408. The molecule has 0 aliphatic rings. The van der Waals surface area contributed by atoms with Gasteiger partial charge < -0.3 is 15.6 Å². The second kappa shape index (κ2) is 9.09. The van der Waals surface area contributed by atoms with Crippen molar-refractivity contribution in [2.45, 2.75) is 18.7 Å². The Morgan fingerprint density at radius 1 is 1.10 bits per heavy atom. The first kappa shape index (κ1) is 20.9. The number of aromatic amines is 1. The Balaban J connectivity index is 1.59. The van der Waals surface area contributed by atoms with Crippen molar-refractivity contribution >= 4 is 26.7 Å². The van der Waals surface area contributed by atoms with Crippen LogP contribution in [-0.2, 0) is 28.6 Å². The first-order chi connectivity index (χ1) is 13.9. The molecular formula is C21H25FN4O2S. The molecule has 0 aliphatic carbocycles. The van der Waals surface area contributed by atoms with Crippen LogP contribution in [0.4, 0.5) is 4.39 Å². The zero-order valence-corrected chi connectivity index (χ0v) is 17.3. The van der Waals surface area contributed by atoms with Gasteiger partial charge in [-0.2, -0.15) is 0 Å². The fourth-order valence-corrected chi connectivity index (χ4v) is 4.08. The molecule has 0 saturated heterocycles. The van der Waals surface area contributed by atoms with E-state index in [0.29, 0.717) is 23.6 Å². The first-order valence-electron chi connectivity index (χ1n) is 9.30. The molecule has 3 rings (SSSR count). The second-order valence-corrected chi connectivity index (χ2v) is 9.09. The smallest absolute Gasteiger partial charge is 0.191 e. The maximum absolute atomic E-state index is 13.6. The number of guanidine groups is 1. The average molecular weight is 417 g/mol. The molecule has 0 fully saturated rings. The van der Waals surface area contributed by atoms with Gasteiger partial charge in [0.25, 0.3) is 0 Å². The maximum Gasteiger partial charge on any atom is 0.191 e. The summed E-state index contributed by atoms with van der Waals surface area (Å²) in [5.41, 5.74) is 3.49. The molecule has 0 amide bonds. The molecule has 0 unspecified atom stereocenters. The monoisotopic (exact) mass is 416 g/mol. The van der Waals surface area contributed by atoms with Gasteiger partial charge in [-0.05, 0) is 41.3 Å². The number of H-pyrrole nitrogens is 1. The highest BCUT2D eigenvalue weighted by molar-refractivity contribution is 7.89. The number of aliphatic imine (C=N–C) groups is 1. The van der Waals surface area contributed by atoms with E-state index in [1.165, 1.54) is 35.4 Å². The number of fused-ring (bicyclic) bond motifs is 1. The van der Waals surface area contributed by atoms with Gasteiger partial charge in [-0.25, -0.2) is 12.8 Å². The lowest BCUT2D eigenvalue weighted by molar-refractivity contribution is 0.599. The Bertz CT molecular complexity index is 1120. The highest BCUT2D eigenvalue weighted by Crippen LogP contribution is 2.18. The predicted octanol–water partition coefficient (Wildman–Crippen LogP) is 2.76. The van der Waals surface area contributed by atoms with Gasteiger partial charge in [-0.3, -0.25) is 4.99 Å². The molecule has 29 heavy (non-hydrogen) atoms. The van der Waals surface area contributed by atoms with Crippen molar-refractivity contribution in [3.05, 3.63) is 71.2 Å². The van der Waals surface area contributed by atoms with Crippen molar-refractivity contribution in [3.63, 3.8) is 0 Å². The van der Waals surface area contributed by atoms with Gasteiger partial charge in [0.2, 0.25) is 0 Å². The Hall–Kier alpha value is -2.87. The summed E-state index contributed by atoms with van der Waals surface area (Å²) in [4.78, 5) is 7.44.